The molecule has 1 aliphatic rings. The van der Waals surface area contributed by atoms with Crippen molar-refractivity contribution in [2.45, 2.75) is 51.6 Å². The third-order valence-corrected chi connectivity index (χ3v) is 4.57. The Morgan fingerprint density at radius 2 is 2.00 bits per heavy atom. The van der Waals surface area contributed by atoms with E-state index in [0.29, 0.717) is 12.1 Å². The summed E-state index contributed by atoms with van der Waals surface area (Å²) in [7, 11) is 1.72. The molecule has 1 aromatic rings. The second-order valence-corrected chi connectivity index (χ2v) is 6.05. The second-order valence-electron chi connectivity index (χ2n) is 6.05. The van der Waals surface area contributed by atoms with Crippen LogP contribution in [0.1, 0.15) is 38.7 Å². The van der Waals surface area contributed by atoms with E-state index in [-0.39, 0.29) is 0 Å². The van der Waals surface area contributed by atoms with Crippen molar-refractivity contribution < 1.29 is 4.74 Å². The predicted molar refractivity (Wildman–Crippen MR) is 89.0 cm³/mol. The van der Waals surface area contributed by atoms with Crippen LogP contribution in [0.25, 0.3) is 0 Å². The van der Waals surface area contributed by atoms with E-state index in [4.69, 9.17) is 4.74 Å². The van der Waals surface area contributed by atoms with Crippen LogP contribution in [-0.2, 0) is 6.42 Å². The summed E-state index contributed by atoms with van der Waals surface area (Å²) in [6.07, 6.45) is 4.91. The highest BCUT2D eigenvalue weighted by Crippen LogP contribution is 2.16. The van der Waals surface area contributed by atoms with Crippen LogP contribution in [0.15, 0.2) is 24.3 Å². The first kappa shape index (κ1) is 16.3. The largest absolute Gasteiger partial charge is 0.497 e. The molecule has 0 spiro atoms. The molecule has 1 aromatic carbocycles. The van der Waals surface area contributed by atoms with E-state index in [0.717, 1.165) is 25.3 Å². The van der Waals surface area contributed by atoms with Gasteiger partial charge in [-0.25, -0.2) is 0 Å². The van der Waals surface area contributed by atoms with Gasteiger partial charge < -0.3 is 10.1 Å². The Kier molecular flexibility index (Phi) is 6.52. The van der Waals surface area contributed by atoms with Gasteiger partial charge in [0.15, 0.2) is 0 Å². The molecule has 0 bridgehead atoms. The van der Waals surface area contributed by atoms with Crippen molar-refractivity contribution in [3.63, 3.8) is 0 Å². The summed E-state index contributed by atoms with van der Waals surface area (Å²) in [6, 6.07) is 9.86. The number of ether oxygens (including phenoxy) is 1. The third kappa shape index (κ3) is 4.72. The van der Waals surface area contributed by atoms with Crippen LogP contribution in [-0.4, -0.2) is 43.7 Å². The Morgan fingerprint density at radius 3 is 2.62 bits per heavy atom. The van der Waals surface area contributed by atoms with E-state index in [2.05, 4.69) is 48.3 Å². The summed E-state index contributed by atoms with van der Waals surface area (Å²) in [5.41, 5.74) is 1.40. The van der Waals surface area contributed by atoms with Gasteiger partial charge in [-0.1, -0.05) is 32.4 Å². The highest BCUT2D eigenvalue weighted by molar-refractivity contribution is 5.27. The van der Waals surface area contributed by atoms with Gasteiger partial charge >= 0.3 is 0 Å². The lowest BCUT2D eigenvalue weighted by Crippen LogP contribution is -2.56. The van der Waals surface area contributed by atoms with Crippen molar-refractivity contribution in [2.24, 2.45) is 0 Å². The molecule has 3 heteroatoms. The molecule has 1 heterocycles. The average Bonchev–Trinajstić information content (AvgIpc) is 2.54. The standard InChI is InChI=1S/C18H30N2O/c1-4-6-16-14-20(17(5-2)13-19-16)12-11-15-7-9-18(21-3)10-8-15/h7-10,16-17,19H,4-6,11-14H2,1-3H3. The number of benzene rings is 1. The van der Waals surface area contributed by atoms with Gasteiger partial charge in [0.1, 0.15) is 5.75 Å². The average molecular weight is 290 g/mol. The van der Waals surface area contributed by atoms with Crippen LogP contribution < -0.4 is 10.1 Å². The van der Waals surface area contributed by atoms with Crippen molar-refractivity contribution in [1.82, 2.24) is 10.2 Å². The molecule has 0 aliphatic carbocycles. The SMILES string of the molecule is CCCC1CN(CCc2ccc(OC)cc2)C(CC)CN1. The van der Waals surface area contributed by atoms with E-state index in [9.17, 15) is 0 Å². The van der Waals surface area contributed by atoms with Crippen molar-refractivity contribution in [3.05, 3.63) is 29.8 Å². The van der Waals surface area contributed by atoms with Gasteiger partial charge in [-0.05, 0) is 37.0 Å². The van der Waals surface area contributed by atoms with Gasteiger partial charge in [0.25, 0.3) is 0 Å². The summed E-state index contributed by atoms with van der Waals surface area (Å²) >= 11 is 0. The number of hydrogen-bond acceptors (Lipinski definition) is 3. The molecule has 3 nitrogen and oxygen atoms in total. The number of nitrogens with one attached hydrogen (secondary N) is 1. The highest BCUT2D eigenvalue weighted by atomic mass is 16.5. The maximum atomic E-state index is 5.22. The molecule has 2 rings (SSSR count). The van der Waals surface area contributed by atoms with Crippen LogP contribution in [0.4, 0.5) is 0 Å². The number of piperazine rings is 1. The number of hydrogen-bond donors (Lipinski definition) is 1. The van der Waals surface area contributed by atoms with E-state index < -0.39 is 0 Å². The summed E-state index contributed by atoms with van der Waals surface area (Å²) < 4.78 is 5.22. The van der Waals surface area contributed by atoms with E-state index in [1.54, 1.807) is 7.11 Å². The van der Waals surface area contributed by atoms with Gasteiger partial charge in [0, 0.05) is 31.7 Å². The molecule has 1 N–H and O–H groups in total. The molecule has 0 aromatic heterocycles. The molecule has 21 heavy (non-hydrogen) atoms. The normalized spacial score (nSPS) is 23.2. The molecule has 1 aliphatic heterocycles. The van der Waals surface area contributed by atoms with E-state index in [1.807, 2.05) is 0 Å². The zero-order valence-corrected chi connectivity index (χ0v) is 13.8. The first-order chi connectivity index (χ1) is 10.3. The maximum absolute atomic E-state index is 5.22. The molecule has 1 fully saturated rings. The maximum Gasteiger partial charge on any atom is 0.118 e. The van der Waals surface area contributed by atoms with Gasteiger partial charge in [0.2, 0.25) is 0 Å². The lowest BCUT2D eigenvalue weighted by atomic mass is 10.0. The fourth-order valence-electron chi connectivity index (χ4n) is 3.21. The van der Waals surface area contributed by atoms with Crippen molar-refractivity contribution in [3.8, 4) is 5.75 Å². The quantitative estimate of drug-likeness (QED) is 0.835. The molecule has 0 amide bonds. The van der Waals surface area contributed by atoms with Gasteiger partial charge in [-0.2, -0.15) is 0 Å². The van der Waals surface area contributed by atoms with Crippen molar-refractivity contribution >= 4 is 0 Å². The van der Waals surface area contributed by atoms with Crippen molar-refractivity contribution in [2.75, 3.05) is 26.7 Å². The monoisotopic (exact) mass is 290 g/mol. The van der Waals surface area contributed by atoms with Crippen LogP contribution >= 0.6 is 0 Å². The number of methoxy groups -OCH3 is 1. The minimum atomic E-state index is 0.675. The predicted octanol–water partition coefficient (Wildman–Crippen LogP) is 3.09. The van der Waals surface area contributed by atoms with E-state index >= 15 is 0 Å². The van der Waals surface area contributed by atoms with Gasteiger partial charge in [0.05, 0.1) is 7.11 Å². The fourth-order valence-corrected chi connectivity index (χ4v) is 3.21. The first-order valence-electron chi connectivity index (χ1n) is 8.37. The Morgan fingerprint density at radius 1 is 1.24 bits per heavy atom. The van der Waals surface area contributed by atoms with Crippen LogP contribution in [0.3, 0.4) is 0 Å². The smallest absolute Gasteiger partial charge is 0.118 e. The summed E-state index contributed by atoms with van der Waals surface area (Å²) in [5.74, 6) is 0.940. The van der Waals surface area contributed by atoms with Crippen LogP contribution in [0.2, 0.25) is 0 Å². The Balaban J connectivity index is 1.88. The van der Waals surface area contributed by atoms with Crippen molar-refractivity contribution in [1.29, 1.82) is 0 Å². The summed E-state index contributed by atoms with van der Waals surface area (Å²) in [6.45, 7) is 8.07. The fraction of sp³-hybridized carbons (Fsp3) is 0.667. The zero-order valence-electron chi connectivity index (χ0n) is 13.8. The lowest BCUT2D eigenvalue weighted by molar-refractivity contribution is 0.124. The minimum absolute atomic E-state index is 0.675. The second kappa shape index (κ2) is 8.40. The topological polar surface area (TPSA) is 24.5 Å². The molecule has 118 valence electrons. The molecule has 0 saturated carbocycles. The summed E-state index contributed by atoms with van der Waals surface area (Å²) in [5, 5.41) is 3.71. The molecule has 1 saturated heterocycles. The Bertz CT molecular complexity index is 404. The summed E-state index contributed by atoms with van der Waals surface area (Å²) in [4.78, 5) is 2.68. The van der Waals surface area contributed by atoms with Crippen LogP contribution in [0.5, 0.6) is 5.75 Å². The lowest BCUT2D eigenvalue weighted by Gasteiger charge is -2.40. The first-order valence-corrected chi connectivity index (χ1v) is 8.37. The minimum Gasteiger partial charge on any atom is -0.497 e. The molecular formula is C18H30N2O. The van der Waals surface area contributed by atoms with Gasteiger partial charge in [-0.15, -0.1) is 0 Å². The Hall–Kier alpha value is -1.06. The zero-order chi connectivity index (χ0) is 15.1. The van der Waals surface area contributed by atoms with E-state index in [1.165, 1.54) is 31.4 Å². The van der Waals surface area contributed by atoms with Crippen LogP contribution in [0, 0.1) is 0 Å². The molecular weight excluding hydrogens is 260 g/mol. The number of rotatable bonds is 7. The number of nitrogens with zero attached hydrogens (tertiary/aromatic N) is 1. The molecule has 2 unspecified atom stereocenters. The molecule has 0 radical (unpaired) electrons. The molecule has 2 atom stereocenters. The Labute approximate surface area is 129 Å². The third-order valence-electron chi connectivity index (χ3n) is 4.57. The highest BCUT2D eigenvalue weighted by Gasteiger charge is 2.25. The van der Waals surface area contributed by atoms with Gasteiger partial charge in [-0.3, -0.25) is 4.90 Å².